The van der Waals surface area contributed by atoms with Gasteiger partial charge in [0.25, 0.3) is 0 Å². The predicted molar refractivity (Wildman–Crippen MR) is 79.7 cm³/mol. The van der Waals surface area contributed by atoms with Gasteiger partial charge in [-0.3, -0.25) is 0 Å². The zero-order valence-corrected chi connectivity index (χ0v) is 11.5. The summed E-state index contributed by atoms with van der Waals surface area (Å²) < 4.78 is 5.24. The number of carboxylic acids is 1. The SMILES string of the molecule is COc1ccccc1/C=C(/C(=O)O)c1ccc(C)cc1. The first kappa shape index (κ1) is 13.9. The van der Waals surface area contributed by atoms with Crippen LogP contribution in [0.2, 0.25) is 0 Å². The summed E-state index contributed by atoms with van der Waals surface area (Å²) in [5.41, 5.74) is 2.76. The maximum atomic E-state index is 11.5. The van der Waals surface area contributed by atoms with Gasteiger partial charge in [0.15, 0.2) is 0 Å². The molecule has 20 heavy (non-hydrogen) atoms. The molecule has 0 heterocycles. The van der Waals surface area contributed by atoms with Crippen LogP contribution in [0, 0.1) is 6.92 Å². The van der Waals surface area contributed by atoms with Crippen molar-refractivity contribution in [2.24, 2.45) is 0 Å². The zero-order chi connectivity index (χ0) is 14.5. The van der Waals surface area contributed by atoms with Gasteiger partial charge in [-0.15, -0.1) is 0 Å². The molecule has 0 bridgehead atoms. The highest BCUT2D eigenvalue weighted by atomic mass is 16.5. The monoisotopic (exact) mass is 268 g/mol. The van der Waals surface area contributed by atoms with E-state index < -0.39 is 5.97 Å². The lowest BCUT2D eigenvalue weighted by atomic mass is 10.0. The highest BCUT2D eigenvalue weighted by Gasteiger charge is 2.11. The van der Waals surface area contributed by atoms with E-state index in [1.54, 1.807) is 19.3 Å². The standard InChI is InChI=1S/C17H16O3/c1-12-7-9-13(10-8-12)15(17(18)19)11-14-5-3-4-6-16(14)20-2/h3-11H,1-2H3,(H,18,19)/b15-11+. The highest BCUT2D eigenvalue weighted by molar-refractivity contribution is 6.20. The Morgan fingerprint density at radius 2 is 1.75 bits per heavy atom. The fraction of sp³-hybridized carbons (Fsp3) is 0.118. The van der Waals surface area contributed by atoms with Crippen LogP contribution in [0.4, 0.5) is 0 Å². The third-order valence-corrected chi connectivity index (χ3v) is 3.03. The molecule has 102 valence electrons. The number of carboxylic acid groups (broad SMARTS) is 1. The van der Waals surface area contributed by atoms with Crippen molar-refractivity contribution in [3.63, 3.8) is 0 Å². The molecule has 0 unspecified atom stereocenters. The van der Waals surface area contributed by atoms with E-state index in [0.29, 0.717) is 11.3 Å². The van der Waals surface area contributed by atoms with Crippen molar-refractivity contribution < 1.29 is 14.6 Å². The van der Waals surface area contributed by atoms with Crippen LogP contribution in [-0.4, -0.2) is 18.2 Å². The number of hydrogen-bond donors (Lipinski definition) is 1. The van der Waals surface area contributed by atoms with E-state index >= 15 is 0 Å². The second-order valence-electron chi connectivity index (χ2n) is 4.47. The molecule has 0 spiro atoms. The summed E-state index contributed by atoms with van der Waals surface area (Å²) in [4.78, 5) is 11.5. The van der Waals surface area contributed by atoms with Gasteiger partial charge in [-0.05, 0) is 24.6 Å². The number of benzene rings is 2. The molecule has 0 radical (unpaired) electrons. The van der Waals surface area contributed by atoms with E-state index in [1.807, 2.05) is 49.4 Å². The summed E-state index contributed by atoms with van der Waals surface area (Å²) in [6, 6.07) is 14.7. The first-order chi connectivity index (χ1) is 9.61. The van der Waals surface area contributed by atoms with Crippen LogP contribution in [0.1, 0.15) is 16.7 Å². The molecule has 0 aliphatic carbocycles. The Morgan fingerprint density at radius 3 is 2.35 bits per heavy atom. The number of ether oxygens (including phenoxy) is 1. The Hall–Kier alpha value is -2.55. The molecular formula is C17H16O3. The average Bonchev–Trinajstić information content (AvgIpc) is 2.46. The highest BCUT2D eigenvalue weighted by Crippen LogP contribution is 2.25. The summed E-state index contributed by atoms with van der Waals surface area (Å²) in [5.74, 6) is -0.307. The van der Waals surface area contributed by atoms with Gasteiger partial charge in [0.05, 0.1) is 12.7 Å². The van der Waals surface area contributed by atoms with Crippen molar-refractivity contribution in [2.75, 3.05) is 7.11 Å². The average molecular weight is 268 g/mol. The van der Waals surface area contributed by atoms with Crippen LogP contribution >= 0.6 is 0 Å². The van der Waals surface area contributed by atoms with Crippen molar-refractivity contribution in [1.29, 1.82) is 0 Å². The lowest BCUT2D eigenvalue weighted by Gasteiger charge is -2.07. The molecule has 2 aromatic rings. The largest absolute Gasteiger partial charge is 0.496 e. The van der Waals surface area contributed by atoms with Crippen molar-refractivity contribution in [3.05, 3.63) is 65.2 Å². The molecule has 2 aromatic carbocycles. The molecule has 0 atom stereocenters. The second kappa shape index (κ2) is 6.06. The van der Waals surface area contributed by atoms with Gasteiger partial charge in [0.1, 0.15) is 5.75 Å². The van der Waals surface area contributed by atoms with Gasteiger partial charge in [-0.25, -0.2) is 4.79 Å². The normalized spacial score (nSPS) is 11.2. The maximum absolute atomic E-state index is 11.5. The van der Waals surface area contributed by atoms with Crippen LogP contribution in [-0.2, 0) is 4.79 Å². The Morgan fingerprint density at radius 1 is 1.10 bits per heavy atom. The molecule has 0 saturated carbocycles. The van der Waals surface area contributed by atoms with Gasteiger partial charge in [0.2, 0.25) is 0 Å². The molecule has 0 aliphatic heterocycles. The first-order valence-corrected chi connectivity index (χ1v) is 6.27. The lowest BCUT2D eigenvalue weighted by Crippen LogP contribution is -2.00. The Kier molecular flexibility index (Phi) is 4.20. The van der Waals surface area contributed by atoms with Gasteiger partial charge < -0.3 is 9.84 Å². The Labute approximate surface area is 118 Å². The number of aliphatic carboxylic acids is 1. The molecule has 3 heteroatoms. The smallest absolute Gasteiger partial charge is 0.336 e. The number of rotatable bonds is 4. The summed E-state index contributed by atoms with van der Waals surface area (Å²) in [7, 11) is 1.57. The first-order valence-electron chi connectivity index (χ1n) is 6.27. The minimum absolute atomic E-state index is 0.245. The number of carbonyl (C=O) groups is 1. The minimum Gasteiger partial charge on any atom is -0.496 e. The third kappa shape index (κ3) is 3.06. The summed E-state index contributed by atoms with van der Waals surface area (Å²) in [6.45, 7) is 1.97. The molecule has 0 amide bonds. The van der Waals surface area contributed by atoms with Crippen molar-refractivity contribution in [3.8, 4) is 5.75 Å². The van der Waals surface area contributed by atoms with E-state index in [0.717, 1.165) is 11.1 Å². The molecule has 0 saturated heterocycles. The molecule has 0 aliphatic rings. The zero-order valence-electron chi connectivity index (χ0n) is 11.5. The number of hydrogen-bond acceptors (Lipinski definition) is 2. The fourth-order valence-electron chi connectivity index (χ4n) is 1.94. The number of methoxy groups -OCH3 is 1. The summed E-state index contributed by atoms with van der Waals surface area (Å²) in [5, 5.41) is 9.41. The van der Waals surface area contributed by atoms with Gasteiger partial charge >= 0.3 is 5.97 Å². The topological polar surface area (TPSA) is 46.5 Å². The lowest BCUT2D eigenvalue weighted by molar-refractivity contribution is -0.130. The quantitative estimate of drug-likeness (QED) is 0.680. The summed E-state index contributed by atoms with van der Waals surface area (Å²) in [6.07, 6.45) is 1.63. The van der Waals surface area contributed by atoms with Crippen LogP contribution in [0.15, 0.2) is 48.5 Å². The van der Waals surface area contributed by atoms with E-state index in [2.05, 4.69) is 0 Å². The number of aryl methyl sites for hydroxylation is 1. The van der Waals surface area contributed by atoms with Crippen molar-refractivity contribution in [2.45, 2.75) is 6.92 Å². The molecular weight excluding hydrogens is 252 g/mol. The van der Waals surface area contributed by atoms with Gasteiger partial charge in [0, 0.05) is 5.56 Å². The van der Waals surface area contributed by atoms with Crippen LogP contribution < -0.4 is 4.74 Å². The minimum atomic E-state index is -0.959. The Bertz CT molecular complexity index is 640. The third-order valence-electron chi connectivity index (χ3n) is 3.03. The van der Waals surface area contributed by atoms with Crippen LogP contribution in [0.25, 0.3) is 11.6 Å². The Balaban J connectivity index is 2.50. The molecule has 1 N–H and O–H groups in total. The maximum Gasteiger partial charge on any atom is 0.336 e. The second-order valence-corrected chi connectivity index (χ2v) is 4.47. The predicted octanol–water partition coefficient (Wildman–Crippen LogP) is 3.63. The number of para-hydroxylation sites is 1. The van der Waals surface area contributed by atoms with Gasteiger partial charge in [-0.1, -0.05) is 48.0 Å². The van der Waals surface area contributed by atoms with Crippen LogP contribution in [0.5, 0.6) is 5.75 Å². The van der Waals surface area contributed by atoms with Crippen molar-refractivity contribution >= 4 is 17.6 Å². The molecule has 0 aromatic heterocycles. The van der Waals surface area contributed by atoms with E-state index in [1.165, 1.54) is 0 Å². The molecule has 2 rings (SSSR count). The summed E-state index contributed by atoms with van der Waals surface area (Å²) >= 11 is 0. The van der Waals surface area contributed by atoms with E-state index in [4.69, 9.17) is 4.74 Å². The van der Waals surface area contributed by atoms with Crippen LogP contribution in [0.3, 0.4) is 0 Å². The van der Waals surface area contributed by atoms with Gasteiger partial charge in [-0.2, -0.15) is 0 Å². The molecule has 3 nitrogen and oxygen atoms in total. The molecule has 0 fully saturated rings. The fourth-order valence-corrected chi connectivity index (χ4v) is 1.94. The van der Waals surface area contributed by atoms with E-state index in [9.17, 15) is 9.90 Å². The van der Waals surface area contributed by atoms with E-state index in [-0.39, 0.29) is 5.57 Å². The van der Waals surface area contributed by atoms with Crippen molar-refractivity contribution in [1.82, 2.24) is 0 Å².